The Morgan fingerprint density at radius 1 is 0.741 bits per heavy atom. The Kier molecular flexibility index (Phi) is 3.85. The first-order chi connectivity index (χ1) is 13.2. The van der Waals surface area contributed by atoms with Crippen LogP contribution >= 0.6 is 23.2 Å². The molecule has 3 nitrogen and oxygen atoms in total. The van der Waals surface area contributed by atoms with Crippen molar-refractivity contribution in [3.8, 4) is 16.9 Å². The molecule has 5 rings (SSSR count). The quantitative estimate of drug-likeness (QED) is 0.342. The van der Waals surface area contributed by atoms with Crippen molar-refractivity contribution in [2.45, 2.75) is 0 Å². The van der Waals surface area contributed by atoms with E-state index in [1.54, 1.807) is 0 Å². The van der Waals surface area contributed by atoms with Gasteiger partial charge in [0.25, 0.3) is 0 Å². The molecule has 27 heavy (non-hydrogen) atoms. The van der Waals surface area contributed by atoms with Gasteiger partial charge in [-0.05, 0) is 42.5 Å². The molecule has 2 heterocycles. The summed E-state index contributed by atoms with van der Waals surface area (Å²) >= 11 is 12.4. The lowest BCUT2D eigenvalue weighted by Gasteiger charge is -2.06. The number of benzene rings is 3. The molecular weight excluding hydrogens is 377 g/mol. The van der Waals surface area contributed by atoms with Crippen LogP contribution in [-0.4, -0.2) is 14.8 Å². The van der Waals surface area contributed by atoms with Gasteiger partial charge in [-0.15, -0.1) is 0 Å². The summed E-state index contributed by atoms with van der Waals surface area (Å²) in [5, 5.41) is 8.23. The lowest BCUT2D eigenvalue weighted by atomic mass is 10.1. The highest BCUT2D eigenvalue weighted by atomic mass is 35.5. The van der Waals surface area contributed by atoms with E-state index in [0.29, 0.717) is 10.0 Å². The second kappa shape index (κ2) is 6.38. The third-order valence-corrected chi connectivity index (χ3v) is 5.07. The third kappa shape index (κ3) is 2.76. The van der Waals surface area contributed by atoms with Crippen molar-refractivity contribution in [2.75, 3.05) is 0 Å². The van der Waals surface area contributed by atoms with Gasteiger partial charge in [-0.25, -0.2) is 4.68 Å². The normalized spacial score (nSPS) is 11.3. The molecular formula is C22H13Cl2N3. The Morgan fingerprint density at radius 2 is 1.48 bits per heavy atom. The molecule has 0 aliphatic rings. The second-order valence-corrected chi connectivity index (χ2v) is 7.16. The smallest absolute Gasteiger partial charge is 0.102 e. The molecule has 0 spiro atoms. The predicted octanol–water partition coefficient (Wildman–Crippen LogP) is 6.55. The summed E-state index contributed by atoms with van der Waals surface area (Å²) in [7, 11) is 0. The number of halogens is 2. The van der Waals surface area contributed by atoms with E-state index in [2.05, 4.69) is 17.1 Å². The van der Waals surface area contributed by atoms with Gasteiger partial charge in [0.05, 0.1) is 16.7 Å². The highest BCUT2D eigenvalue weighted by molar-refractivity contribution is 6.32. The lowest BCUT2D eigenvalue weighted by Crippen LogP contribution is -1.97. The van der Waals surface area contributed by atoms with Crippen LogP contribution < -0.4 is 0 Å². The zero-order valence-corrected chi connectivity index (χ0v) is 15.6. The highest BCUT2D eigenvalue weighted by Gasteiger charge is 2.17. The van der Waals surface area contributed by atoms with E-state index < -0.39 is 0 Å². The van der Waals surface area contributed by atoms with Crippen LogP contribution in [0.3, 0.4) is 0 Å². The molecule has 2 aromatic heterocycles. The maximum atomic E-state index is 6.29. The summed E-state index contributed by atoms with van der Waals surface area (Å²) in [6.45, 7) is 0. The predicted molar refractivity (Wildman–Crippen MR) is 112 cm³/mol. The van der Waals surface area contributed by atoms with Gasteiger partial charge in [0.2, 0.25) is 0 Å². The molecule has 0 unspecified atom stereocenters. The summed E-state index contributed by atoms with van der Waals surface area (Å²) < 4.78 is 1.94. The minimum absolute atomic E-state index is 0.668. The molecule has 0 aliphatic heterocycles. The van der Waals surface area contributed by atoms with Crippen LogP contribution in [0.25, 0.3) is 38.8 Å². The Morgan fingerprint density at radius 3 is 2.26 bits per heavy atom. The minimum Gasteiger partial charge on any atom is -0.255 e. The number of pyridine rings is 1. The van der Waals surface area contributed by atoms with Crippen molar-refractivity contribution in [1.29, 1.82) is 0 Å². The fourth-order valence-corrected chi connectivity index (χ4v) is 3.63. The molecule has 5 aromatic rings. The SMILES string of the molecule is Clc1ccc(-n2nc(-c3ccccc3)c3cnc4ccc(Cl)cc4c32)cc1. The summed E-state index contributed by atoms with van der Waals surface area (Å²) in [6, 6.07) is 23.5. The van der Waals surface area contributed by atoms with Crippen LogP contribution in [0.15, 0.2) is 79.0 Å². The molecule has 0 atom stereocenters. The van der Waals surface area contributed by atoms with Crippen molar-refractivity contribution >= 4 is 45.0 Å². The van der Waals surface area contributed by atoms with Gasteiger partial charge >= 0.3 is 0 Å². The monoisotopic (exact) mass is 389 g/mol. The molecule has 3 aromatic carbocycles. The standard InChI is InChI=1S/C22H13Cl2N3/c23-15-6-9-17(10-7-15)27-22-18-12-16(24)8-11-20(18)25-13-19(22)21(26-27)14-4-2-1-3-5-14/h1-13H. The van der Waals surface area contributed by atoms with Gasteiger partial charge in [-0.3, -0.25) is 4.98 Å². The van der Waals surface area contributed by atoms with E-state index in [1.165, 1.54) is 0 Å². The van der Waals surface area contributed by atoms with E-state index >= 15 is 0 Å². The summed E-state index contributed by atoms with van der Waals surface area (Å²) in [6.07, 6.45) is 1.88. The topological polar surface area (TPSA) is 30.7 Å². The molecule has 0 amide bonds. The average molecular weight is 390 g/mol. The molecule has 0 radical (unpaired) electrons. The third-order valence-electron chi connectivity index (χ3n) is 4.59. The molecule has 0 saturated heterocycles. The minimum atomic E-state index is 0.668. The van der Waals surface area contributed by atoms with Gasteiger partial charge in [0.15, 0.2) is 0 Å². The van der Waals surface area contributed by atoms with Crippen LogP contribution in [0.1, 0.15) is 0 Å². The van der Waals surface area contributed by atoms with Crippen LogP contribution in [0, 0.1) is 0 Å². The highest BCUT2D eigenvalue weighted by Crippen LogP contribution is 2.34. The number of hydrogen-bond donors (Lipinski definition) is 0. The zero-order valence-electron chi connectivity index (χ0n) is 14.1. The molecule has 130 valence electrons. The fourth-order valence-electron chi connectivity index (χ4n) is 3.33. The molecule has 0 bridgehead atoms. The first-order valence-corrected chi connectivity index (χ1v) is 9.25. The van der Waals surface area contributed by atoms with Crippen LogP contribution in [0.2, 0.25) is 10.0 Å². The first-order valence-electron chi connectivity index (χ1n) is 8.49. The summed E-state index contributed by atoms with van der Waals surface area (Å²) in [5.41, 5.74) is 4.71. The average Bonchev–Trinajstić information content (AvgIpc) is 3.09. The number of hydrogen-bond acceptors (Lipinski definition) is 2. The van der Waals surface area contributed by atoms with Gasteiger partial charge in [-0.1, -0.05) is 53.5 Å². The van der Waals surface area contributed by atoms with Crippen molar-refractivity contribution in [3.63, 3.8) is 0 Å². The van der Waals surface area contributed by atoms with Crippen LogP contribution in [0.4, 0.5) is 0 Å². The number of fused-ring (bicyclic) bond motifs is 3. The van der Waals surface area contributed by atoms with E-state index in [1.807, 2.05) is 71.5 Å². The Bertz CT molecular complexity index is 1280. The zero-order chi connectivity index (χ0) is 18.4. The molecule has 5 heteroatoms. The van der Waals surface area contributed by atoms with Crippen molar-refractivity contribution in [2.24, 2.45) is 0 Å². The number of nitrogens with zero attached hydrogens (tertiary/aromatic N) is 3. The van der Waals surface area contributed by atoms with Crippen molar-refractivity contribution < 1.29 is 0 Å². The summed E-state index contributed by atoms with van der Waals surface area (Å²) in [4.78, 5) is 4.62. The fraction of sp³-hybridized carbons (Fsp3) is 0. The largest absolute Gasteiger partial charge is 0.255 e. The molecule has 0 aliphatic carbocycles. The molecule has 0 N–H and O–H groups in total. The van der Waals surface area contributed by atoms with Crippen molar-refractivity contribution in [1.82, 2.24) is 14.8 Å². The number of aromatic nitrogens is 3. The second-order valence-electron chi connectivity index (χ2n) is 6.28. The van der Waals surface area contributed by atoms with E-state index in [9.17, 15) is 0 Å². The van der Waals surface area contributed by atoms with Gasteiger partial charge in [-0.2, -0.15) is 5.10 Å². The maximum Gasteiger partial charge on any atom is 0.102 e. The van der Waals surface area contributed by atoms with Gasteiger partial charge < -0.3 is 0 Å². The van der Waals surface area contributed by atoms with Crippen molar-refractivity contribution in [3.05, 3.63) is 89.0 Å². The summed E-state index contributed by atoms with van der Waals surface area (Å²) in [5.74, 6) is 0. The van der Waals surface area contributed by atoms with Gasteiger partial charge in [0, 0.05) is 32.6 Å². The van der Waals surface area contributed by atoms with Crippen LogP contribution in [0.5, 0.6) is 0 Å². The van der Waals surface area contributed by atoms with E-state index in [0.717, 1.165) is 38.8 Å². The van der Waals surface area contributed by atoms with E-state index in [4.69, 9.17) is 28.3 Å². The maximum absolute atomic E-state index is 6.29. The Balaban J connectivity index is 1.92. The number of rotatable bonds is 2. The van der Waals surface area contributed by atoms with Crippen LogP contribution in [-0.2, 0) is 0 Å². The Labute approximate surface area is 165 Å². The lowest BCUT2D eigenvalue weighted by molar-refractivity contribution is 0.918. The van der Waals surface area contributed by atoms with E-state index in [-0.39, 0.29) is 0 Å². The first kappa shape index (κ1) is 16.3. The Hall–Kier alpha value is -2.88. The molecule has 0 fully saturated rings. The van der Waals surface area contributed by atoms with Gasteiger partial charge in [0.1, 0.15) is 5.69 Å². The molecule has 0 saturated carbocycles.